The first-order chi connectivity index (χ1) is 15.3. The van der Waals surface area contributed by atoms with E-state index in [2.05, 4.69) is 0 Å². The number of phenolic OH excluding ortho intramolecular Hbond substituents is 2. The molecule has 2 saturated carbocycles. The van der Waals surface area contributed by atoms with Crippen LogP contribution in [0, 0.1) is 10.8 Å². The van der Waals surface area contributed by atoms with Crippen LogP contribution < -0.4 is 0 Å². The maximum absolute atomic E-state index is 11.2. The van der Waals surface area contributed by atoms with Gasteiger partial charge in [-0.25, -0.2) is 0 Å². The lowest BCUT2D eigenvalue weighted by molar-refractivity contribution is -0.144. The van der Waals surface area contributed by atoms with Crippen LogP contribution in [0.3, 0.4) is 0 Å². The molecule has 4 N–H and O–H groups in total. The lowest BCUT2D eigenvalue weighted by atomic mass is 9.93. The van der Waals surface area contributed by atoms with Crippen molar-refractivity contribution in [1.29, 1.82) is 0 Å². The Hall–Kier alpha value is -2.24. The largest absolute Gasteiger partial charge is 0.508 e. The van der Waals surface area contributed by atoms with E-state index in [0.29, 0.717) is 0 Å². The molecule has 0 heterocycles. The molecule has 178 valence electrons. The number of hydrogen-bond donors (Lipinski definition) is 4. The van der Waals surface area contributed by atoms with Crippen LogP contribution in [0.1, 0.15) is 101 Å². The summed E-state index contributed by atoms with van der Waals surface area (Å²) in [5.74, 6) is -1.06. The first kappa shape index (κ1) is 24.4. The number of aliphatic carboxylic acids is 2. The van der Waals surface area contributed by atoms with E-state index in [9.17, 15) is 30.0 Å². The topological polar surface area (TPSA) is 115 Å². The molecule has 1 aromatic rings. The van der Waals surface area contributed by atoms with Gasteiger partial charge in [-0.15, -0.1) is 0 Å². The van der Waals surface area contributed by atoms with E-state index in [-0.39, 0.29) is 11.5 Å². The van der Waals surface area contributed by atoms with Crippen molar-refractivity contribution >= 4 is 11.9 Å². The van der Waals surface area contributed by atoms with Crippen molar-refractivity contribution in [2.24, 2.45) is 10.8 Å². The summed E-state index contributed by atoms with van der Waals surface area (Å²) in [5, 5.41) is 38.8. The van der Waals surface area contributed by atoms with E-state index in [0.717, 1.165) is 114 Å². The predicted molar refractivity (Wildman–Crippen MR) is 122 cm³/mol. The molecule has 32 heavy (non-hydrogen) atoms. The number of unbranched alkanes of at least 4 members (excludes halogenated alkanes) is 6. The number of carboxylic acid groups (broad SMARTS) is 2. The molecule has 2 aliphatic carbocycles. The number of benzene rings is 1. The number of carbonyl (C=O) groups is 2. The van der Waals surface area contributed by atoms with Crippen molar-refractivity contribution in [3.63, 3.8) is 0 Å². The molecular weight excluding hydrogens is 408 g/mol. The molecule has 0 unspecified atom stereocenters. The van der Waals surface area contributed by atoms with Gasteiger partial charge in [-0.1, -0.05) is 38.5 Å². The molecule has 3 rings (SSSR count). The second-order valence-corrected chi connectivity index (χ2v) is 10.1. The van der Waals surface area contributed by atoms with Crippen LogP contribution >= 0.6 is 0 Å². The monoisotopic (exact) mass is 446 g/mol. The minimum atomic E-state index is -0.648. The Kier molecular flexibility index (Phi) is 8.07. The molecule has 6 nitrogen and oxygen atoms in total. The van der Waals surface area contributed by atoms with Crippen LogP contribution in [-0.4, -0.2) is 32.4 Å². The molecule has 0 radical (unpaired) electrons. The predicted octanol–water partition coefficient (Wildman–Crippen LogP) is 5.81. The fourth-order valence-corrected chi connectivity index (χ4v) is 4.91. The molecule has 0 bridgehead atoms. The summed E-state index contributed by atoms with van der Waals surface area (Å²) in [7, 11) is 0. The quantitative estimate of drug-likeness (QED) is 0.238. The Balaban J connectivity index is 1.36. The highest BCUT2D eigenvalue weighted by Gasteiger charge is 2.49. The highest BCUT2D eigenvalue weighted by atomic mass is 16.4. The Morgan fingerprint density at radius 1 is 0.688 bits per heavy atom. The summed E-state index contributed by atoms with van der Waals surface area (Å²) in [6, 6.07) is 3.16. The number of hydrogen-bond acceptors (Lipinski definition) is 4. The molecule has 2 aliphatic rings. The van der Waals surface area contributed by atoms with Crippen molar-refractivity contribution in [2.45, 2.75) is 103 Å². The second-order valence-electron chi connectivity index (χ2n) is 10.1. The van der Waals surface area contributed by atoms with Gasteiger partial charge < -0.3 is 20.4 Å². The van der Waals surface area contributed by atoms with Crippen LogP contribution in [0.4, 0.5) is 0 Å². The Morgan fingerprint density at radius 3 is 1.62 bits per heavy atom. The fraction of sp³-hybridized carbons (Fsp3) is 0.692. The van der Waals surface area contributed by atoms with Gasteiger partial charge in [-0.3, -0.25) is 9.59 Å². The average molecular weight is 447 g/mol. The molecular formula is C26H38O6. The SMILES string of the molecule is O=C(O)C1(CCCCCCc2cc(O)cc(O)c2CCCCCCC2(C(=O)O)CC2)CC1. The number of phenols is 2. The smallest absolute Gasteiger partial charge is 0.309 e. The van der Waals surface area contributed by atoms with Crippen LogP contribution in [0.25, 0.3) is 0 Å². The van der Waals surface area contributed by atoms with E-state index in [1.165, 1.54) is 6.07 Å². The van der Waals surface area contributed by atoms with E-state index < -0.39 is 22.8 Å². The lowest BCUT2D eigenvalue weighted by Crippen LogP contribution is -2.14. The van der Waals surface area contributed by atoms with E-state index in [4.69, 9.17) is 0 Å². The summed E-state index contributed by atoms with van der Waals surface area (Å²) < 4.78 is 0. The first-order valence-corrected chi connectivity index (χ1v) is 12.3. The number of aromatic hydroxyl groups is 2. The highest BCUT2D eigenvalue weighted by Crippen LogP contribution is 2.50. The van der Waals surface area contributed by atoms with Gasteiger partial charge in [0.1, 0.15) is 11.5 Å². The van der Waals surface area contributed by atoms with Gasteiger partial charge in [0.2, 0.25) is 0 Å². The van der Waals surface area contributed by atoms with Crippen LogP contribution in [0.15, 0.2) is 12.1 Å². The third-order valence-electron chi connectivity index (χ3n) is 7.60. The minimum absolute atomic E-state index is 0.0850. The van der Waals surface area contributed by atoms with Gasteiger partial charge in [0.05, 0.1) is 10.8 Å². The lowest BCUT2D eigenvalue weighted by Gasteiger charge is -2.13. The van der Waals surface area contributed by atoms with Gasteiger partial charge in [-0.05, 0) is 81.4 Å². The third-order valence-corrected chi connectivity index (χ3v) is 7.60. The summed E-state index contributed by atoms with van der Waals surface area (Å²) in [4.78, 5) is 22.5. The summed E-state index contributed by atoms with van der Waals surface area (Å²) >= 11 is 0. The standard InChI is InChI=1S/C26H38O6/c27-20-17-19(9-5-1-3-7-11-25(13-14-25)23(29)30)21(22(28)18-20)10-6-2-4-8-12-26(15-16-26)24(31)32/h17-18,27-28H,1-16H2,(H,29,30)(H,31,32). The number of rotatable bonds is 16. The van der Waals surface area contributed by atoms with Crippen molar-refractivity contribution in [2.75, 3.05) is 0 Å². The molecule has 1 aromatic carbocycles. The Bertz CT molecular complexity index is 807. The molecule has 0 aliphatic heterocycles. The van der Waals surface area contributed by atoms with Crippen LogP contribution in [-0.2, 0) is 22.4 Å². The van der Waals surface area contributed by atoms with Gasteiger partial charge in [-0.2, -0.15) is 0 Å². The Labute approximate surface area is 190 Å². The van der Waals surface area contributed by atoms with Crippen LogP contribution in [0.5, 0.6) is 11.5 Å². The highest BCUT2D eigenvalue weighted by molar-refractivity contribution is 5.78. The molecule has 2 fully saturated rings. The Morgan fingerprint density at radius 2 is 1.16 bits per heavy atom. The zero-order valence-corrected chi connectivity index (χ0v) is 19.1. The summed E-state index contributed by atoms with van der Waals surface area (Å²) in [6.45, 7) is 0. The minimum Gasteiger partial charge on any atom is -0.508 e. The maximum Gasteiger partial charge on any atom is 0.309 e. The van der Waals surface area contributed by atoms with Gasteiger partial charge in [0, 0.05) is 6.07 Å². The van der Waals surface area contributed by atoms with E-state index in [1.54, 1.807) is 6.07 Å². The van der Waals surface area contributed by atoms with E-state index in [1.807, 2.05) is 0 Å². The molecule has 6 heteroatoms. The second kappa shape index (κ2) is 10.6. The van der Waals surface area contributed by atoms with Gasteiger partial charge >= 0.3 is 11.9 Å². The molecule has 0 aromatic heterocycles. The summed E-state index contributed by atoms with van der Waals surface area (Å²) in [6.07, 6.45) is 14.1. The average Bonchev–Trinajstić information content (AvgIpc) is 3.64. The van der Waals surface area contributed by atoms with E-state index >= 15 is 0 Å². The zero-order valence-electron chi connectivity index (χ0n) is 19.1. The number of carboxylic acids is 2. The normalized spacial score (nSPS) is 17.8. The third kappa shape index (κ3) is 6.39. The molecule has 0 saturated heterocycles. The van der Waals surface area contributed by atoms with Crippen molar-refractivity contribution < 1.29 is 30.0 Å². The fourth-order valence-electron chi connectivity index (χ4n) is 4.91. The molecule has 0 spiro atoms. The van der Waals surface area contributed by atoms with Gasteiger partial charge in [0.15, 0.2) is 0 Å². The maximum atomic E-state index is 11.2. The molecule has 0 atom stereocenters. The summed E-state index contributed by atoms with van der Waals surface area (Å²) in [5.41, 5.74) is 1.04. The van der Waals surface area contributed by atoms with Crippen molar-refractivity contribution in [3.05, 3.63) is 23.3 Å². The molecule has 0 amide bonds. The number of aryl methyl sites for hydroxylation is 1. The van der Waals surface area contributed by atoms with Gasteiger partial charge in [0.25, 0.3) is 0 Å². The van der Waals surface area contributed by atoms with Crippen molar-refractivity contribution in [3.8, 4) is 11.5 Å². The first-order valence-electron chi connectivity index (χ1n) is 12.3. The zero-order chi connectivity index (χ0) is 23.2. The van der Waals surface area contributed by atoms with Crippen LogP contribution in [0.2, 0.25) is 0 Å². The van der Waals surface area contributed by atoms with Crippen molar-refractivity contribution in [1.82, 2.24) is 0 Å².